The fourth-order valence-electron chi connectivity index (χ4n) is 5.54. The van der Waals surface area contributed by atoms with Gasteiger partial charge in [-0.15, -0.1) is 0 Å². The van der Waals surface area contributed by atoms with E-state index < -0.39 is 10.0 Å². The molecule has 0 amide bonds. The monoisotopic (exact) mass is 506 g/mol. The van der Waals surface area contributed by atoms with E-state index >= 15 is 0 Å². The van der Waals surface area contributed by atoms with Crippen molar-refractivity contribution in [1.29, 1.82) is 0 Å². The Morgan fingerprint density at radius 3 is 2.71 bits per heavy atom. The summed E-state index contributed by atoms with van der Waals surface area (Å²) in [6, 6.07) is 4.71. The summed E-state index contributed by atoms with van der Waals surface area (Å²) in [5.74, 6) is 1.68. The Labute approximate surface area is 205 Å². The summed E-state index contributed by atoms with van der Waals surface area (Å²) in [6.07, 6.45) is 9.61. The summed E-state index contributed by atoms with van der Waals surface area (Å²) >= 11 is 6.41. The Morgan fingerprint density at radius 1 is 1.15 bits per heavy atom. The predicted molar refractivity (Wildman–Crippen MR) is 134 cm³/mol. The first kappa shape index (κ1) is 23.6. The Balaban J connectivity index is 1.38. The normalized spacial score (nSPS) is 26.1. The lowest BCUT2D eigenvalue weighted by atomic mass is 9.91. The van der Waals surface area contributed by atoms with Crippen LogP contribution >= 0.6 is 11.6 Å². The minimum absolute atomic E-state index is 0.108. The number of nitrogens with zero attached hydrogens (tertiary/aromatic N) is 2. The molecule has 1 aliphatic carbocycles. The fraction of sp³-hybridized carbons (Fsp3) is 0.565. The van der Waals surface area contributed by atoms with Gasteiger partial charge in [0, 0.05) is 29.7 Å². The fourth-order valence-corrected chi connectivity index (χ4v) is 6.51. The van der Waals surface area contributed by atoms with Crippen LogP contribution in [0.2, 0.25) is 5.02 Å². The zero-order valence-corrected chi connectivity index (χ0v) is 21.0. The number of benzene rings is 1. The molecule has 2 aliphatic heterocycles. The second-order valence-electron chi connectivity index (χ2n) is 9.46. The van der Waals surface area contributed by atoms with E-state index in [1.54, 1.807) is 13.3 Å². The van der Waals surface area contributed by atoms with Crippen LogP contribution < -0.4 is 25.4 Å². The number of ether oxygens (including phenoxy) is 1. The van der Waals surface area contributed by atoms with Crippen LogP contribution in [-0.4, -0.2) is 49.9 Å². The first-order valence-electron chi connectivity index (χ1n) is 11.8. The molecule has 184 valence electrons. The third kappa shape index (κ3) is 4.95. The van der Waals surface area contributed by atoms with Crippen molar-refractivity contribution in [3.8, 4) is 5.75 Å². The maximum Gasteiger partial charge on any atom is 0.229 e. The van der Waals surface area contributed by atoms with Gasteiger partial charge in [0.2, 0.25) is 16.0 Å². The Hall–Kier alpha value is -2.14. The molecule has 1 saturated heterocycles. The van der Waals surface area contributed by atoms with Crippen LogP contribution in [0.3, 0.4) is 0 Å². The van der Waals surface area contributed by atoms with Gasteiger partial charge in [0.25, 0.3) is 0 Å². The van der Waals surface area contributed by atoms with E-state index in [4.69, 9.17) is 16.3 Å². The van der Waals surface area contributed by atoms with E-state index in [0.29, 0.717) is 28.9 Å². The van der Waals surface area contributed by atoms with Crippen molar-refractivity contribution in [2.45, 2.75) is 69.1 Å². The number of halogens is 1. The number of aromatic nitrogens is 2. The van der Waals surface area contributed by atoms with E-state index in [1.807, 2.05) is 6.07 Å². The molecule has 2 aromatic rings. The molecule has 4 atom stereocenters. The highest BCUT2D eigenvalue weighted by molar-refractivity contribution is 7.88. The van der Waals surface area contributed by atoms with Crippen LogP contribution in [0.4, 0.5) is 17.5 Å². The number of hydrogen-bond acceptors (Lipinski definition) is 8. The third-order valence-electron chi connectivity index (χ3n) is 6.99. The van der Waals surface area contributed by atoms with Crippen LogP contribution in [0.5, 0.6) is 5.75 Å². The molecule has 0 radical (unpaired) electrons. The number of hydrogen-bond donors (Lipinski definition) is 4. The van der Waals surface area contributed by atoms with Gasteiger partial charge in [-0.25, -0.2) is 18.1 Å². The van der Waals surface area contributed by atoms with E-state index in [9.17, 15) is 8.42 Å². The van der Waals surface area contributed by atoms with Crippen molar-refractivity contribution in [3.05, 3.63) is 34.5 Å². The van der Waals surface area contributed by atoms with Crippen LogP contribution in [-0.2, 0) is 16.4 Å². The van der Waals surface area contributed by atoms with Gasteiger partial charge < -0.3 is 20.7 Å². The molecule has 34 heavy (non-hydrogen) atoms. The zero-order chi connectivity index (χ0) is 23.9. The molecule has 2 unspecified atom stereocenters. The van der Waals surface area contributed by atoms with Gasteiger partial charge in [0.1, 0.15) is 10.8 Å². The van der Waals surface area contributed by atoms with Crippen LogP contribution in [0, 0.1) is 0 Å². The molecule has 9 nitrogen and oxygen atoms in total. The molecule has 1 aromatic carbocycles. The summed E-state index contributed by atoms with van der Waals surface area (Å²) < 4.78 is 32.2. The average molecular weight is 507 g/mol. The molecule has 4 N–H and O–H groups in total. The minimum Gasteiger partial charge on any atom is -0.494 e. The predicted octanol–water partition coefficient (Wildman–Crippen LogP) is 3.50. The van der Waals surface area contributed by atoms with Crippen LogP contribution in [0.15, 0.2) is 18.3 Å². The van der Waals surface area contributed by atoms with Crippen molar-refractivity contribution in [2.75, 3.05) is 24.0 Å². The topological polar surface area (TPSA) is 117 Å². The van der Waals surface area contributed by atoms with Gasteiger partial charge in [-0.05, 0) is 43.7 Å². The lowest BCUT2D eigenvalue weighted by Crippen LogP contribution is -2.48. The Morgan fingerprint density at radius 2 is 1.94 bits per heavy atom. The molecule has 11 heteroatoms. The molecule has 5 rings (SSSR count). The minimum atomic E-state index is -3.31. The van der Waals surface area contributed by atoms with Crippen LogP contribution in [0.1, 0.15) is 55.7 Å². The van der Waals surface area contributed by atoms with Gasteiger partial charge in [0.15, 0.2) is 5.82 Å². The SMILES string of the molecule is COc1c(Nc2ncc(Cl)c(N[C@@H]3CCCC[C@H]3NS(C)(=O)=O)n2)ccc2c1C1CCC(C2)N1. The van der Waals surface area contributed by atoms with Crippen molar-refractivity contribution in [2.24, 2.45) is 0 Å². The number of fused-ring (bicyclic) bond motifs is 4. The molecule has 1 aromatic heterocycles. The van der Waals surface area contributed by atoms with Gasteiger partial charge in [-0.2, -0.15) is 4.98 Å². The maximum absolute atomic E-state index is 11.8. The molecule has 1 saturated carbocycles. The number of rotatable bonds is 7. The molecule has 3 aliphatic rings. The first-order chi connectivity index (χ1) is 16.3. The average Bonchev–Trinajstić information content (AvgIpc) is 3.18. The van der Waals surface area contributed by atoms with E-state index in [-0.39, 0.29) is 12.1 Å². The number of methoxy groups -OCH3 is 1. The molecular formula is C23H31ClN6O3S. The summed E-state index contributed by atoms with van der Waals surface area (Å²) in [6.45, 7) is 0. The summed E-state index contributed by atoms with van der Waals surface area (Å²) in [5, 5.41) is 10.7. The van der Waals surface area contributed by atoms with Crippen molar-refractivity contribution in [1.82, 2.24) is 20.0 Å². The second kappa shape index (κ2) is 9.49. The Kier molecular flexibility index (Phi) is 6.58. The number of nitrogens with one attached hydrogen (secondary N) is 4. The number of sulfonamides is 1. The molecular weight excluding hydrogens is 476 g/mol. The van der Waals surface area contributed by atoms with Crippen LogP contribution in [0.25, 0.3) is 0 Å². The lowest BCUT2D eigenvalue weighted by molar-refractivity contribution is 0.379. The number of anilines is 3. The summed E-state index contributed by atoms with van der Waals surface area (Å²) in [5.41, 5.74) is 3.34. The van der Waals surface area contributed by atoms with Gasteiger partial charge >= 0.3 is 0 Å². The second-order valence-corrected chi connectivity index (χ2v) is 11.7. The van der Waals surface area contributed by atoms with Gasteiger partial charge in [-0.1, -0.05) is 30.5 Å². The van der Waals surface area contributed by atoms with Crippen molar-refractivity contribution >= 4 is 39.1 Å². The highest BCUT2D eigenvalue weighted by atomic mass is 35.5. The molecule has 2 fully saturated rings. The molecule has 0 spiro atoms. The summed E-state index contributed by atoms with van der Waals surface area (Å²) in [7, 11) is -1.62. The van der Waals surface area contributed by atoms with Crippen molar-refractivity contribution < 1.29 is 13.2 Å². The highest BCUT2D eigenvalue weighted by Gasteiger charge is 2.35. The smallest absolute Gasteiger partial charge is 0.229 e. The van der Waals surface area contributed by atoms with E-state index in [1.165, 1.54) is 23.8 Å². The highest BCUT2D eigenvalue weighted by Crippen LogP contribution is 2.44. The zero-order valence-electron chi connectivity index (χ0n) is 19.4. The van der Waals surface area contributed by atoms with Crippen molar-refractivity contribution in [3.63, 3.8) is 0 Å². The quantitative estimate of drug-likeness (QED) is 0.450. The Bertz CT molecular complexity index is 1180. The molecule has 2 bridgehead atoms. The first-order valence-corrected chi connectivity index (χ1v) is 14.1. The van der Waals surface area contributed by atoms with E-state index in [2.05, 4.69) is 36.7 Å². The summed E-state index contributed by atoms with van der Waals surface area (Å²) in [4.78, 5) is 8.98. The largest absolute Gasteiger partial charge is 0.494 e. The van der Waals surface area contributed by atoms with E-state index in [0.717, 1.165) is 50.0 Å². The standard InChI is InChI=1S/C23H31ClN6O3S/c1-33-21-19(9-7-13-11-14-8-10-18(26-14)20(13)21)28-23-25-12-15(24)22(29-23)27-16-5-3-4-6-17(16)30-34(2,31)32/h7,9,12,14,16-18,26,30H,3-6,8,10-11H2,1-2H3,(H2,25,27,28,29)/t14?,16-,17-,18?/m1/s1. The maximum atomic E-state index is 11.8. The van der Waals surface area contributed by atoms with Gasteiger partial charge in [-0.3, -0.25) is 0 Å². The lowest BCUT2D eigenvalue weighted by Gasteiger charge is -2.32. The molecule has 3 heterocycles. The van der Waals surface area contributed by atoms with Gasteiger partial charge in [0.05, 0.1) is 25.2 Å². The third-order valence-corrected chi connectivity index (χ3v) is 8.00.